The van der Waals surface area contributed by atoms with Crippen LogP contribution in [0.2, 0.25) is 0 Å². The van der Waals surface area contributed by atoms with Crippen molar-refractivity contribution in [1.82, 2.24) is 24.5 Å². The van der Waals surface area contributed by atoms with Crippen LogP contribution in [-0.2, 0) is 5.88 Å². The van der Waals surface area contributed by atoms with Gasteiger partial charge in [-0.15, -0.1) is 5.10 Å². The van der Waals surface area contributed by atoms with Crippen LogP contribution in [-0.4, -0.2) is 50.5 Å². The first-order valence-corrected chi connectivity index (χ1v) is 11.2. The number of nitrogens with zero attached hydrogens (tertiary/aromatic N) is 5. The summed E-state index contributed by atoms with van der Waals surface area (Å²) >= 11 is 1.16. The van der Waals surface area contributed by atoms with E-state index in [9.17, 15) is 14.7 Å². The molecular weight excluding hydrogens is 446 g/mol. The van der Waals surface area contributed by atoms with Gasteiger partial charge in [-0.25, -0.2) is 4.98 Å². The number of aliphatic hydroxyl groups is 1. The van der Waals surface area contributed by atoms with E-state index in [2.05, 4.69) is 15.3 Å². The van der Waals surface area contributed by atoms with Gasteiger partial charge in [0.25, 0.3) is 11.1 Å². The summed E-state index contributed by atoms with van der Waals surface area (Å²) in [6, 6.07) is 9.69. The summed E-state index contributed by atoms with van der Waals surface area (Å²) in [7, 11) is 3.00. The van der Waals surface area contributed by atoms with E-state index >= 15 is 0 Å². The van der Waals surface area contributed by atoms with Gasteiger partial charge in [-0.05, 0) is 24.6 Å². The molecule has 1 atom stereocenters. The van der Waals surface area contributed by atoms with Crippen LogP contribution in [0.3, 0.4) is 0 Å². The molecule has 0 unspecified atom stereocenters. The van der Waals surface area contributed by atoms with E-state index in [1.54, 1.807) is 36.4 Å². The summed E-state index contributed by atoms with van der Waals surface area (Å²) in [5, 5.41) is 19.2. The summed E-state index contributed by atoms with van der Waals surface area (Å²) < 4.78 is 13.4. The zero-order valence-electron chi connectivity index (χ0n) is 18.4. The third kappa shape index (κ3) is 4.16. The number of ether oxygens (including phenoxy) is 2. The monoisotopic (exact) mass is 469 g/mol. The maximum Gasteiger partial charge on any atom is 0.278 e. The van der Waals surface area contributed by atoms with Crippen molar-refractivity contribution >= 4 is 33.6 Å². The average molecular weight is 470 g/mol. The van der Waals surface area contributed by atoms with Gasteiger partial charge in [0, 0.05) is 6.07 Å². The van der Waals surface area contributed by atoms with Crippen molar-refractivity contribution in [3.8, 4) is 11.5 Å². The first-order chi connectivity index (χ1) is 16.0. The normalized spacial score (nSPS) is 12.2. The van der Waals surface area contributed by atoms with E-state index in [1.165, 1.54) is 23.5 Å². The minimum absolute atomic E-state index is 0.0871. The first-order valence-electron chi connectivity index (χ1n) is 10.3. The molecule has 0 amide bonds. The zero-order valence-corrected chi connectivity index (χ0v) is 19.2. The molecule has 0 aliphatic rings. The van der Waals surface area contributed by atoms with Crippen LogP contribution in [0.1, 0.15) is 19.4 Å². The molecule has 172 valence electrons. The highest BCUT2D eigenvalue weighted by Gasteiger charge is 2.20. The summed E-state index contributed by atoms with van der Waals surface area (Å²) in [6.45, 7) is 1.64. The van der Waals surface area contributed by atoms with Crippen molar-refractivity contribution in [3.05, 3.63) is 57.1 Å². The second-order valence-electron chi connectivity index (χ2n) is 7.22. The number of aliphatic hydroxyl groups excluding tert-OH is 1. The molecule has 2 aromatic carbocycles. The second-order valence-corrected chi connectivity index (χ2v) is 8.14. The Labute approximate surface area is 192 Å². The summed E-state index contributed by atoms with van der Waals surface area (Å²) in [5.41, 5.74) is 0.322. The quantitative estimate of drug-likeness (QED) is 0.306. The number of benzene rings is 2. The molecule has 4 rings (SSSR count). The predicted molar refractivity (Wildman–Crippen MR) is 125 cm³/mol. The molecule has 33 heavy (non-hydrogen) atoms. The molecule has 0 saturated carbocycles. The smallest absolute Gasteiger partial charge is 0.278 e. The Kier molecular flexibility index (Phi) is 6.61. The second kappa shape index (κ2) is 9.59. The number of methoxy groups -OCH3 is 2. The molecule has 11 heteroatoms. The lowest BCUT2D eigenvalue weighted by molar-refractivity contribution is 0.213. The van der Waals surface area contributed by atoms with Crippen molar-refractivity contribution in [1.29, 1.82) is 0 Å². The predicted octanol–water partition coefficient (Wildman–Crippen LogP) is 2.21. The Morgan fingerprint density at radius 1 is 1.03 bits per heavy atom. The van der Waals surface area contributed by atoms with Gasteiger partial charge in [-0.1, -0.05) is 36.0 Å². The van der Waals surface area contributed by atoms with Gasteiger partial charge in [0.2, 0.25) is 0 Å². The Morgan fingerprint density at radius 3 is 2.45 bits per heavy atom. The molecule has 0 fully saturated rings. The highest BCUT2D eigenvalue weighted by atomic mass is 32.2. The van der Waals surface area contributed by atoms with Crippen molar-refractivity contribution in [2.45, 2.75) is 30.4 Å². The molecule has 0 radical (unpaired) electrons. The highest BCUT2D eigenvalue weighted by molar-refractivity contribution is 7.98. The molecule has 1 N–H and O–H groups in total. The maximum absolute atomic E-state index is 13.4. The Balaban J connectivity index is 1.83. The van der Waals surface area contributed by atoms with Crippen molar-refractivity contribution < 1.29 is 14.6 Å². The van der Waals surface area contributed by atoms with Crippen molar-refractivity contribution in [2.24, 2.45) is 0 Å². The van der Waals surface area contributed by atoms with Crippen molar-refractivity contribution in [3.63, 3.8) is 0 Å². The zero-order chi connectivity index (χ0) is 23.5. The number of hydrogen-bond donors (Lipinski definition) is 1. The van der Waals surface area contributed by atoms with E-state index in [0.29, 0.717) is 44.9 Å². The Hall–Kier alpha value is -3.44. The van der Waals surface area contributed by atoms with E-state index in [4.69, 9.17) is 9.47 Å². The summed E-state index contributed by atoms with van der Waals surface area (Å²) in [4.78, 5) is 30.9. The molecule has 10 nitrogen and oxygen atoms in total. The Morgan fingerprint density at radius 2 is 1.76 bits per heavy atom. The van der Waals surface area contributed by atoms with Crippen LogP contribution in [0.15, 0.2) is 51.1 Å². The molecule has 0 aliphatic heterocycles. The van der Waals surface area contributed by atoms with Gasteiger partial charge in [0.15, 0.2) is 16.7 Å². The maximum atomic E-state index is 13.4. The fourth-order valence-electron chi connectivity index (χ4n) is 3.55. The van der Waals surface area contributed by atoms with Gasteiger partial charge in [0.05, 0.1) is 49.0 Å². The average Bonchev–Trinajstić information content (AvgIpc) is 2.85. The molecule has 2 heterocycles. The molecule has 0 spiro atoms. The Bertz CT molecular complexity index is 1430. The third-order valence-electron chi connectivity index (χ3n) is 5.37. The number of rotatable bonds is 8. The summed E-state index contributed by atoms with van der Waals surface area (Å²) in [5.74, 6) is 0.936. The molecular formula is C22H23N5O5S. The number of thioether (sulfide) groups is 1. The van der Waals surface area contributed by atoms with Crippen LogP contribution in [0.4, 0.5) is 0 Å². The largest absolute Gasteiger partial charge is 0.493 e. The minimum atomic E-state index is -0.482. The van der Waals surface area contributed by atoms with E-state index < -0.39 is 6.04 Å². The SMILES string of the molecule is CC[C@@H](CO)n1c(SCn2nnc3ccccc3c2=O)nc2cc(OC)c(OC)cc2c1=O. The lowest BCUT2D eigenvalue weighted by Gasteiger charge is -2.20. The van der Waals surface area contributed by atoms with Crippen LogP contribution >= 0.6 is 11.8 Å². The molecule has 0 aliphatic carbocycles. The van der Waals surface area contributed by atoms with E-state index in [0.717, 1.165) is 11.8 Å². The fraction of sp³-hybridized carbons (Fsp3) is 0.318. The lowest BCUT2D eigenvalue weighted by atomic mass is 10.2. The van der Waals surface area contributed by atoms with Crippen LogP contribution in [0.5, 0.6) is 11.5 Å². The van der Waals surface area contributed by atoms with Crippen LogP contribution in [0.25, 0.3) is 21.8 Å². The van der Waals surface area contributed by atoms with Crippen LogP contribution in [0, 0.1) is 0 Å². The van der Waals surface area contributed by atoms with Gasteiger partial charge in [0.1, 0.15) is 5.52 Å². The first kappa shape index (κ1) is 22.7. The number of fused-ring (bicyclic) bond motifs is 2. The standard InChI is InChI=1S/C22H23N5O5S/c1-4-13(11-28)27-21(30)15-9-18(31-2)19(32-3)10-17(15)23-22(27)33-12-26-20(29)14-7-5-6-8-16(14)24-25-26/h5-10,13,28H,4,11-12H2,1-3H3/t13-/m0/s1. The summed E-state index contributed by atoms with van der Waals surface area (Å²) in [6.07, 6.45) is 0.514. The van der Waals surface area contributed by atoms with Gasteiger partial charge in [-0.2, -0.15) is 4.68 Å². The van der Waals surface area contributed by atoms with Gasteiger partial charge >= 0.3 is 0 Å². The molecule has 2 aromatic heterocycles. The highest BCUT2D eigenvalue weighted by Crippen LogP contribution is 2.32. The van der Waals surface area contributed by atoms with E-state index in [-0.39, 0.29) is 23.6 Å². The topological polar surface area (TPSA) is 121 Å². The van der Waals surface area contributed by atoms with Crippen LogP contribution < -0.4 is 20.6 Å². The molecule has 0 bridgehead atoms. The van der Waals surface area contributed by atoms with Crippen molar-refractivity contribution in [2.75, 3.05) is 20.8 Å². The van der Waals surface area contributed by atoms with E-state index in [1.807, 2.05) is 6.92 Å². The minimum Gasteiger partial charge on any atom is -0.493 e. The lowest BCUT2D eigenvalue weighted by Crippen LogP contribution is -2.30. The molecule has 4 aromatic rings. The fourth-order valence-corrected chi connectivity index (χ4v) is 4.49. The molecule has 0 saturated heterocycles. The number of aromatic nitrogens is 5. The van der Waals surface area contributed by atoms with Gasteiger partial charge < -0.3 is 14.6 Å². The third-order valence-corrected chi connectivity index (χ3v) is 6.29. The van der Waals surface area contributed by atoms with Gasteiger partial charge in [-0.3, -0.25) is 14.2 Å². The number of hydrogen-bond acceptors (Lipinski definition) is 9.